The van der Waals surface area contributed by atoms with Crippen LogP contribution in [0.1, 0.15) is 26.5 Å². The monoisotopic (exact) mass is 397 g/mol. The first-order valence-corrected chi connectivity index (χ1v) is 8.14. The number of rotatable bonds is 5. The minimum Gasteiger partial charge on any atom is -0.491 e. The van der Waals surface area contributed by atoms with Crippen molar-refractivity contribution in [3.8, 4) is 17.1 Å². The van der Waals surface area contributed by atoms with Crippen molar-refractivity contribution in [2.24, 2.45) is 0 Å². The Hall–Kier alpha value is -1.37. The molecule has 112 valence electrons. The Bertz CT molecular complexity index is 612. The van der Waals surface area contributed by atoms with Crippen molar-refractivity contribution in [1.29, 1.82) is 0 Å². The molecule has 5 heteroatoms. The van der Waals surface area contributed by atoms with E-state index in [1.165, 1.54) is 0 Å². The molecule has 1 N–H and O–H groups in total. The topological polar surface area (TPSA) is 47.0 Å². The van der Waals surface area contributed by atoms with Crippen LogP contribution >= 0.6 is 22.6 Å². The number of hydrogen-bond donors (Lipinski definition) is 1. The smallest absolute Gasteiger partial charge is 0.161 e. The average Bonchev–Trinajstić information content (AvgIpc) is 2.44. The fraction of sp³-hybridized carbons (Fsp3) is 0.375. The summed E-state index contributed by atoms with van der Waals surface area (Å²) in [4.78, 5) is 9.19. The second-order valence-electron chi connectivity index (χ2n) is 5.02. The third kappa shape index (κ3) is 4.06. The number of hydrogen-bond acceptors (Lipinski definition) is 4. The van der Waals surface area contributed by atoms with Crippen LogP contribution in [0.5, 0.6) is 5.75 Å². The molecule has 0 saturated carbocycles. The third-order valence-corrected chi connectivity index (χ3v) is 4.14. The fourth-order valence-electron chi connectivity index (χ4n) is 1.93. The molecule has 0 fully saturated rings. The second-order valence-corrected chi connectivity index (χ2v) is 6.10. The summed E-state index contributed by atoms with van der Waals surface area (Å²) >= 11 is 2.28. The quantitative estimate of drug-likeness (QED) is 0.766. The van der Waals surface area contributed by atoms with Crippen molar-refractivity contribution >= 4 is 28.4 Å². The second kappa shape index (κ2) is 7.06. The van der Waals surface area contributed by atoms with Gasteiger partial charge in [0.15, 0.2) is 5.82 Å². The van der Waals surface area contributed by atoms with Gasteiger partial charge < -0.3 is 10.1 Å². The summed E-state index contributed by atoms with van der Waals surface area (Å²) in [7, 11) is 0. The summed E-state index contributed by atoms with van der Waals surface area (Å²) in [5.41, 5.74) is 1.98. The van der Waals surface area contributed by atoms with Crippen LogP contribution in [-0.4, -0.2) is 22.6 Å². The van der Waals surface area contributed by atoms with Gasteiger partial charge in [0.25, 0.3) is 0 Å². The van der Waals surface area contributed by atoms with Gasteiger partial charge in [-0.1, -0.05) is 0 Å². The number of benzene rings is 1. The lowest BCUT2D eigenvalue weighted by molar-refractivity contribution is 0.242. The van der Waals surface area contributed by atoms with E-state index in [1.54, 1.807) is 0 Å². The van der Waals surface area contributed by atoms with Crippen LogP contribution in [0.3, 0.4) is 0 Å². The van der Waals surface area contributed by atoms with E-state index in [0.29, 0.717) is 0 Å². The molecule has 1 aromatic heterocycles. The molecular weight excluding hydrogens is 377 g/mol. The number of anilines is 1. The van der Waals surface area contributed by atoms with E-state index < -0.39 is 0 Å². The van der Waals surface area contributed by atoms with Gasteiger partial charge in [-0.2, -0.15) is 0 Å². The Morgan fingerprint density at radius 1 is 1.19 bits per heavy atom. The molecule has 0 amide bonds. The molecule has 21 heavy (non-hydrogen) atoms. The molecule has 0 radical (unpaired) electrons. The number of aromatic nitrogens is 2. The van der Waals surface area contributed by atoms with Crippen molar-refractivity contribution in [3.05, 3.63) is 33.5 Å². The highest BCUT2D eigenvalue weighted by Crippen LogP contribution is 2.25. The zero-order valence-electron chi connectivity index (χ0n) is 12.8. The van der Waals surface area contributed by atoms with Gasteiger partial charge in [-0.05, 0) is 74.6 Å². The number of aryl methyl sites for hydroxylation is 1. The maximum absolute atomic E-state index is 5.66. The summed E-state index contributed by atoms with van der Waals surface area (Å²) < 4.78 is 6.72. The standard InChI is InChI=1S/C16H20IN3O/c1-5-18-16-14(17)11(4)19-15(20-16)12-6-8-13(9-7-12)21-10(2)3/h6-10H,5H2,1-4H3,(H,18,19,20). The molecule has 0 atom stereocenters. The first-order chi connectivity index (χ1) is 10.0. The molecule has 1 heterocycles. The van der Waals surface area contributed by atoms with Crippen LogP contribution in [0.15, 0.2) is 24.3 Å². The van der Waals surface area contributed by atoms with Gasteiger partial charge in [-0.3, -0.25) is 0 Å². The van der Waals surface area contributed by atoms with Crippen molar-refractivity contribution in [1.82, 2.24) is 9.97 Å². The van der Waals surface area contributed by atoms with Crippen LogP contribution in [-0.2, 0) is 0 Å². The summed E-state index contributed by atoms with van der Waals surface area (Å²) in [5.74, 6) is 2.49. The Labute approximate surface area is 139 Å². The molecule has 0 saturated heterocycles. The summed E-state index contributed by atoms with van der Waals surface area (Å²) in [5, 5.41) is 3.28. The fourth-order valence-corrected chi connectivity index (χ4v) is 2.36. The van der Waals surface area contributed by atoms with Crippen molar-refractivity contribution < 1.29 is 4.74 Å². The number of halogens is 1. The lowest BCUT2D eigenvalue weighted by atomic mass is 10.2. The summed E-state index contributed by atoms with van der Waals surface area (Å²) in [6, 6.07) is 7.90. The molecule has 0 aliphatic carbocycles. The zero-order chi connectivity index (χ0) is 15.4. The minimum atomic E-state index is 0.174. The third-order valence-electron chi connectivity index (χ3n) is 2.85. The molecule has 0 aliphatic rings. The van der Waals surface area contributed by atoms with Crippen molar-refractivity contribution in [2.45, 2.75) is 33.8 Å². The highest BCUT2D eigenvalue weighted by atomic mass is 127. The van der Waals surface area contributed by atoms with Crippen molar-refractivity contribution in [2.75, 3.05) is 11.9 Å². The van der Waals surface area contributed by atoms with Gasteiger partial charge in [0.05, 0.1) is 15.4 Å². The van der Waals surface area contributed by atoms with E-state index in [2.05, 4.69) is 44.8 Å². The lowest BCUT2D eigenvalue weighted by Crippen LogP contribution is -2.06. The van der Waals surface area contributed by atoms with E-state index in [0.717, 1.165) is 38.8 Å². The van der Waals surface area contributed by atoms with E-state index in [1.807, 2.05) is 45.0 Å². The largest absolute Gasteiger partial charge is 0.491 e. The van der Waals surface area contributed by atoms with Crippen LogP contribution in [0.2, 0.25) is 0 Å². The highest BCUT2D eigenvalue weighted by Gasteiger charge is 2.10. The maximum atomic E-state index is 5.66. The van der Waals surface area contributed by atoms with Gasteiger partial charge in [-0.15, -0.1) is 0 Å². The number of nitrogens with zero attached hydrogens (tertiary/aromatic N) is 2. The Kier molecular flexibility index (Phi) is 5.39. The van der Waals surface area contributed by atoms with Crippen molar-refractivity contribution in [3.63, 3.8) is 0 Å². The predicted octanol–water partition coefficient (Wildman–Crippen LogP) is 4.28. The predicted molar refractivity (Wildman–Crippen MR) is 94.8 cm³/mol. The van der Waals surface area contributed by atoms with Crippen LogP contribution < -0.4 is 10.1 Å². The SMILES string of the molecule is CCNc1nc(-c2ccc(OC(C)C)cc2)nc(C)c1I. The highest BCUT2D eigenvalue weighted by molar-refractivity contribution is 14.1. The normalized spacial score (nSPS) is 10.8. The molecule has 0 unspecified atom stereocenters. The average molecular weight is 397 g/mol. The molecule has 2 rings (SSSR count). The Balaban J connectivity index is 2.33. The van der Waals surface area contributed by atoms with Crippen LogP contribution in [0, 0.1) is 10.5 Å². The molecule has 0 spiro atoms. The minimum absolute atomic E-state index is 0.174. The molecule has 0 bridgehead atoms. The first kappa shape index (κ1) is 16.0. The van der Waals surface area contributed by atoms with E-state index in [-0.39, 0.29) is 6.10 Å². The Morgan fingerprint density at radius 3 is 2.43 bits per heavy atom. The zero-order valence-corrected chi connectivity index (χ0v) is 14.9. The van der Waals surface area contributed by atoms with E-state index >= 15 is 0 Å². The lowest BCUT2D eigenvalue weighted by Gasteiger charge is -2.12. The number of ether oxygens (including phenoxy) is 1. The molecule has 2 aromatic rings. The van der Waals surface area contributed by atoms with Gasteiger partial charge in [0.1, 0.15) is 11.6 Å². The Morgan fingerprint density at radius 2 is 1.86 bits per heavy atom. The first-order valence-electron chi connectivity index (χ1n) is 7.06. The van der Waals surface area contributed by atoms with Crippen LogP contribution in [0.25, 0.3) is 11.4 Å². The van der Waals surface area contributed by atoms with Gasteiger partial charge in [0.2, 0.25) is 0 Å². The summed E-state index contributed by atoms with van der Waals surface area (Å²) in [6.07, 6.45) is 0.174. The van der Waals surface area contributed by atoms with E-state index in [9.17, 15) is 0 Å². The molecule has 0 aliphatic heterocycles. The van der Waals surface area contributed by atoms with Gasteiger partial charge in [-0.25, -0.2) is 9.97 Å². The molecule has 4 nitrogen and oxygen atoms in total. The maximum Gasteiger partial charge on any atom is 0.161 e. The van der Waals surface area contributed by atoms with Gasteiger partial charge in [0, 0.05) is 12.1 Å². The number of nitrogens with one attached hydrogen (secondary N) is 1. The van der Waals surface area contributed by atoms with E-state index in [4.69, 9.17) is 4.74 Å². The molecular formula is C16H20IN3O. The molecule has 1 aromatic carbocycles. The van der Waals surface area contributed by atoms with Crippen LogP contribution in [0.4, 0.5) is 5.82 Å². The summed E-state index contributed by atoms with van der Waals surface area (Å²) in [6.45, 7) is 8.94. The van der Waals surface area contributed by atoms with Gasteiger partial charge >= 0.3 is 0 Å².